The van der Waals surface area contributed by atoms with Crippen molar-refractivity contribution in [1.82, 2.24) is 0 Å². The van der Waals surface area contributed by atoms with Crippen LogP contribution in [0.25, 0.3) is 0 Å². The molecule has 6 nitrogen and oxygen atoms in total. The van der Waals surface area contributed by atoms with Gasteiger partial charge in [-0.2, -0.15) is 0 Å². The van der Waals surface area contributed by atoms with Gasteiger partial charge in [0.05, 0.1) is 33.7 Å². The number of benzene rings is 2. The molecule has 1 atom stereocenters. The average molecular weight is 415 g/mol. The number of ether oxygens (including phenoxy) is 1. The van der Waals surface area contributed by atoms with Crippen LogP contribution in [0.3, 0.4) is 0 Å². The molecule has 1 aliphatic heterocycles. The molecule has 2 aromatic carbocycles. The first-order valence-electron chi connectivity index (χ1n) is 7.84. The lowest BCUT2D eigenvalue weighted by Gasteiger charge is -2.34. The molecule has 0 aromatic heterocycles. The Morgan fingerprint density at radius 2 is 1.85 bits per heavy atom. The number of sulfonamides is 1. The second-order valence-corrected chi connectivity index (χ2v) is 8.59. The Morgan fingerprint density at radius 1 is 1.19 bits per heavy atom. The normalized spacial score (nSPS) is 16.6. The Balaban J connectivity index is 1.91. The lowest BCUT2D eigenvalue weighted by Crippen LogP contribution is -2.49. The van der Waals surface area contributed by atoms with E-state index in [1.54, 1.807) is 49.4 Å². The number of rotatable bonds is 4. The zero-order valence-electron chi connectivity index (χ0n) is 13.8. The van der Waals surface area contributed by atoms with Crippen molar-refractivity contribution < 1.29 is 17.9 Å². The molecule has 9 heteroatoms. The number of nitrogens with one attached hydrogen (secondary N) is 1. The Morgan fingerprint density at radius 3 is 2.50 bits per heavy atom. The second kappa shape index (κ2) is 7.34. The average Bonchev–Trinajstić information content (AvgIpc) is 2.63. The first-order valence-corrected chi connectivity index (χ1v) is 10.2. The summed E-state index contributed by atoms with van der Waals surface area (Å²) in [6, 6.07) is 11.5. The summed E-state index contributed by atoms with van der Waals surface area (Å²) in [5.74, 6) is -0.307. The molecule has 138 valence electrons. The molecular weight excluding hydrogens is 399 g/mol. The summed E-state index contributed by atoms with van der Waals surface area (Å²) in [6.07, 6.45) is -1.04. The van der Waals surface area contributed by atoms with Gasteiger partial charge in [0.25, 0.3) is 5.91 Å². The van der Waals surface area contributed by atoms with E-state index in [1.807, 2.05) is 0 Å². The fourth-order valence-electron chi connectivity index (χ4n) is 2.58. The van der Waals surface area contributed by atoms with E-state index < -0.39 is 22.0 Å². The van der Waals surface area contributed by atoms with Crippen LogP contribution in [-0.4, -0.2) is 32.7 Å². The molecular formula is C17H16Cl2N2O4S. The van der Waals surface area contributed by atoms with Crippen molar-refractivity contribution in [3.63, 3.8) is 0 Å². The highest BCUT2D eigenvalue weighted by atomic mass is 35.5. The van der Waals surface area contributed by atoms with Crippen LogP contribution < -0.4 is 14.4 Å². The van der Waals surface area contributed by atoms with Crippen LogP contribution in [0.2, 0.25) is 10.0 Å². The third kappa shape index (κ3) is 3.60. The van der Waals surface area contributed by atoms with Gasteiger partial charge in [0.1, 0.15) is 5.75 Å². The van der Waals surface area contributed by atoms with Gasteiger partial charge >= 0.3 is 0 Å². The topological polar surface area (TPSA) is 75.7 Å². The van der Waals surface area contributed by atoms with E-state index in [0.29, 0.717) is 11.4 Å². The summed E-state index contributed by atoms with van der Waals surface area (Å²) in [4.78, 5) is 12.7. The number of hydrogen-bond acceptors (Lipinski definition) is 4. The Hall–Kier alpha value is -1.96. The van der Waals surface area contributed by atoms with Crippen LogP contribution >= 0.6 is 23.2 Å². The summed E-state index contributed by atoms with van der Waals surface area (Å²) in [7, 11) is -3.57. The van der Waals surface area contributed by atoms with Gasteiger partial charge in [-0.25, -0.2) is 8.42 Å². The monoisotopic (exact) mass is 414 g/mol. The lowest BCUT2D eigenvalue weighted by atomic mass is 10.2. The third-order valence-electron chi connectivity index (χ3n) is 3.94. The van der Waals surface area contributed by atoms with Crippen LogP contribution in [0.5, 0.6) is 5.75 Å². The number of halogens is 2. The third-order valence-corrected chi connectivity index (χ3v) is 6.32. The maximum absolute atomic E-state index is 12.7. The molecule has 2 aromatic rings. The fourth-order valence-corrected chi connectivity index (χ4v) is 4.20. The Kier molecular flexibility index (Phi) is 5.32. The van der Waals surface area contributed by atoms with Gasteiger partial charge in [-0.15, -0.1) is 0 Å². The SMILES string of the molecule is CCS(=O)(=O)N1CC(C(=O)Nc2c(Cl)cccc2Cl)Oc2ccccc21. The summed E-state index contributed by atoms with van der Waals surface area (Å²) >= 11 is 12.1. The summed E-state index contributed by atoms with van der Waals surface area (Å²) < 4.78 is 31.8. The number of nitrogens with zero attached hydrogens (tertiary/aromatic N) is 1. The number of carbonyl (C=O) groups excluding carboxylic acids is 1. The van der Waals surface area contributed by atoms with Gasteiger partial charge in [-0.3, -0.25) is 9.10 Å². The molecule has 1 unspecified atom stereocenters. The molecule has 3 rings (SSSR count). The van der Waals surface area contributed by atoms with E-state index in [9.17, 15) is 13.2 Å². The highest BCUT2D eigenvalue weighted by molar-refractivity contribution is 7.92. The van der Waals surface area contributed by atoms with Gasteiger partial charge in [0.15, 0.2) is 6.10 Å². The van der Waals surface area contributed by atoms with E-state index in [2.05, 4.69) is 5.32 Å². The highest BCUT2D eigenvalue weighted by Crippen LogP contribution is 2.36. The summed E-state index contributed by atoms with van der Waals surface area (Å²) in [5.41, 5.74) is 0.669. The quantitative estimate of drug-likeness (QED) is 0.829. The molecule has 0 spiro atoms. The van der Waals surface area contributed by atoms with Crippen molar-refractivity contribution in [2.75, 3.05) is 21.9 Å². The van der Waals surface area contributed by atoms with Gasteiger partial charge in [-0.1, -0.05) is 41.4 Å². The van der Waals surface area contributed by atoms with Crippen LogP contribution in [-0.2, 0) is 14.8 Å². The molecule has 0 saturated carbocycles. The van der Waals surface area contributed by atoms with Crippen LogP contribution in [0.4, 0.5) is 11.4 Å². The van der Waals surface area contributed by atoms with Crippen molar-refractivity contribution in [1.29, 1.82) is 0 Å². The first kappa shape index (κ1) is 18.8. The zero-order valence-corrected chi connectivity index (χ0v) is 16.1. The van der Waals surface area contributed by atoms with Gasteiger partial charge in [0, 0.05) is 0 Å². The zero-order chi connectivity index (χ0) is 18.9. The molecule has 0 aliphatic carbocycles. The lowest BCUT2D eigenvalue weighted by molar-refractivity contribution is -0.122. The number of amides is 1. The van der Waals surface area contributed by atoms with Gasteiger partial charge in [-0.05, 0) is 31.2 Å². The van der Waals surface area contributed by atoms with E-state index >= 15 is 0 Å². The first-order chi connectivity index (χ1) is 12.3. The minimum absolute atomic E-state index is 0.0913. The van der Waals surface area contributed by atoms with Crippen molar-refractivity contribution in [2.24, 2.45) is 0 Å². The molecule has 1 aliphatic rings. The largest absolute Gasteiger partial charge is 0.476 e. The molecule has 0 saturated heterocycles. The van der Waals surface area contributed by atoms with Crippen molar-refractivity contribution in [2.45, 2.75) is 13.0 Å². The minimum atomic E-state index is -3.57. The maximum Gasteiger partial charge on any atom is 0.267 e. The number of fused-ring (bicyclic) bond motifs is 1. The molecule has 1 N–H and O–H groups in total. The van der Waals surface area contributed by atoms with Crippen molar-refractivity contribution in [3.8, 4) is 5.75 Å². The highest BCUT2D eigenvalue weighted by Gasteiger charge is 2.36. The molecule has 0 fully saturated rings. The number of anilines is 2. The number of hydrogen-bond donors (Lipinski definition) is 1. The molecule has 26 heavy (non-hydrogen) atoms. The van der Waals surface area contributed by atoms with Gasteiger partial charge < -0.3 is 10.1 Å². The number of carbonyl (C=O) groups is 1. The van der Waals surface area contributed by atoms with Gasteiger partial charge in [0.2, 0.25) is 10.0 Å². The van der Waals surface area contributed by atoms with E-state index in [1.165, 1.54) is 4.31 Å². The van der Waals surface area contributed by atoms with Crippen LogP contribution in [0.1, 0.15) is 6.92 Å². The van der Waals surface area contributed by atoms with Crippen molar-refractivity contribution >= 4 is 50.5 Å². The number of para-hydroxylation sites is 3. The van der Waals surface area contributed by atoms with E-state index in [0.717, 1.165) is 0 Å². The summed E-state index contributed by atoms with van der Waals surface area (Å²) in [5, 5.41) is 3.18. The molecule has 1 heterocycles. The molecule has 1 amide bonds. The van der Waals surface area contributed by atoms with E-state index in [4.69, 9.17) is 27.9 Å². The minimum Gasteiger partial charge on any atom is -0.476 e. The maximum atomic E-state index is 12.7. The predicted molar refractivity (Wildman–Crippen MR) is 103 cm³/mol. The second-order valence-electron chi connectivity index (χ2n) is 5.59. The summed E-state index contributed by atoms with van der Waals surface area (Å²) in [6.45, 7) is 1.41. The Labute approximate surface area is 161 Å². The molecule has 0 radical (unpaired) electrons. The predicted octanol–water partition coefficient (Wildman–Crippen LogP) is 3.55. The van der Waals surface area contributed by atoms with E-state index in [-0.39, 0.29) is 28.0 Å². The van der Waals surface area contributed by atoms with Crippen LogP contribution in [0.15, 0.2) is 42.5 Å². The Bertz CT molecular complexity index is 929. The fraction of sp³-hybridized carbons (Fsp3) is 0.235. The van der Waals surface area contributed by atoms with Crippen LogP contribution in [0, 0.1) is 0 Å². The smallest absolute Gasteiger partial charge is 0.267 e. The molecule has 0 bridgehead atoms. The standard InChI is InChI=1S/C17H16Cl2N2O4S/c1-2-26(23,24)21-10-15(25-14-9-4-3-8-13(14)21)17(22)20-16-11(18)6-5-7-12(16)19/h3-9,15H,2,10H2,1H3,(H,20,22). The van der Waals surface area contributed by atoms with Crippen molar-refractivity contribution in [3.05, 3.63) is 52.5 Å².